The van der Waals surface area contributed by atoms with Crippen LogP contribution >= 0.6 is 0 Å². The summed E-state index contributed by atoms with van der Waals surface area (Å²) in [5.41, 5.74) is 2.76. The van der Waals surface area contributed by atoms with Crippen LogP contribution in [0.25, 0.3) is 5.76 Å². The van der Waals surface area contributed by atoms with Crippen molar-refractivity contribution < 1.29 is 9.53 Å². The van der Waals surface area contributed by atoms with E-state index in [-0.39, 0.29) is 5.97 Å². The zero-order valence-corrected chi connectivity index (χ0v) is 10.2. The van der Waals surface area contributed by atoms with E-state index in [1.54, 1.807) is 6.07 Å². The minimum absolute atomic E-state index is 0.251. The van der Waals surface area contributed by atoms with E-state index in [0.29, 0.717) is 11.3 Å². The number of carbonyl (C=O) groups excluding carboxylic acids is 1. The van der Waals surface area contributed by atoms with E-state index < -0.39 is 0 Å². The Morgan fingerprint density at radius 3 is 2.59 bits per heavy atom. The number of ether oxygens (including phenoxy) is 1. The van der Waals surface area contributed by atoms with Crippen LogP contribution in [0.2, 0.25) is 0 Å². The third-order valence-electron chi connectivity index (χ3n) is 2.81. The molecule has 0 atom stereocenters. The van der Waals surface area contributed by atoms with Crippen LogP contribution in [0.15, 0.2) is 42.0 Å². The van der Waals surface area contributed by atoms with E-state index in [1.165, 1.54) is 5.57 Å². The van der Waals surface area contributed by atoms with Gasteiger partial charge in [-0.05, 0) is 30.6 Å². The maximum atomic E-state index is 11.6. The molecule has 0 bridgehead atoms. The molecule has 0 amide bonds. The molecule has 0 spiro atoms. The molecular formula is C15H16O2. The van der Waals surface area contributed by atoms with Gasteiger partial charge in [0.2, 0.25) is 0 Å². The summed E-state index contributed by atoms with van der Waals surface area (Å²) in [6.07, 6.45) is 6.05. The lowest BCUT2D eigenvalue weighted by atomic mass is 10.1. The summed E-state index contributed by atoms with van der Waals surface area (Å²) in [4.78, 5) is 11.6. The fourth-order valence-electron chi connectivity index (χ4n) is 1.93. The number of carbonyl (C=O) groups is 1. The van der Waals surface area contributed by atoms with Crippen molar-refractivity contribution in [2.75, 3.05) is 0 Å². The number of rotatable bonds is 3. The summed E-state index contributed by atoms with van der Waals surface area (Å²) in [6.45, 7) is 4.20. The van der Waals surface area contributed by atoms with Crippen LogP contribution in [0.1, 0.15) is 42.6 Å². The molecule has 2 rings (SSSR count). The van der Waals surface area contributed by atoms with Crippen LogP contribution in [0, 0.1) is 0 Å². The van der Waals surface area contributed by atoms with Crippen molar-refractivity contribution in [3.63, 3.8) is 0 Å². The third-order valence-corrected chi connectivity index (χ3v) is 2.81. The van der Waals surface area contributed by atoms with Gasteiger partial charge in [-0.25, -0.2) is 4.79 Å². The van der Waals surface area contributed by atoms with Gasteiger partial charge in [0.05, 0.1) is 5.56 Å². The molecule has 0 N–H and O–H groups in total. The van der Waals surface area contributed by atoms with Gasteiger partial charge in [-0.2, -0.15) is 0 Å². The molecule has 0 fully saturated rings. The van der Waals surface area contributed by atoms with Crippen LogP contribution < -0.4 is 0 Å². The van der Waals surface area contributed by atoms with E-state index in [1.807, 2.05) is 24.3 Å². The van der Waals surface area contributed by atoms with Gasteiger partial charge in [0.15, 0.2) is 0 Å². The largest absolute Gasteiger partial charge is 0.422 e. The second kappa shape index (κ2) is 5.00. The van der Waals surface area contributed by atoms with Gasteiger partial charge < -0.3 is 4.74 Å². The highest BCUT2D eigenvalue weighted by atomic mass is 16.5. The molecule has 1 aliphatic heterocycles. The fourth-order valence-corrected chi connectivity index (χ4v) is 1.93. The van der Waals surface area contributed by atoms with E-state index in [9.17, 15) is 4.79 Å². The summed E-state index contributed by atoms with van der Waals surface area (Å²) in [5.74, 6) is 0.422. The number of esters is 1. The lowest BCUT2D eigenvalue weighted by Gasteiger charge is -2.01. The Morgan fingerprint density at radius 2 is 1.94 bits per heavy atom. The normalized spacial score (nSPS) is 17.2. The number of allylic oxidation sites excluding steroid dienone is 3. The van der Waals surface area contributed by atoms with Crippen LogP contribution in [0.4, 0.5) is 0 Å². The average Bonchev–Trinajstić information content (AvgIpc) is 2.66. The lowest BCUT2D eigenvalue weighted by molar-refractivity contribution is 0.0715. The fraction of sp³-hybridized carbons (Fsp3) is 0.267. The Hall–Kier alpha value is -1.83. The van der Waals surface area contributed by atoms with E-state index in [2.05, 4.69) is 19.9 Å². The number of fused-ring (bicyclic) bond motifs is 1. The standard InChI is InChI=1S/C15H16O2/c1-3-7-11(4-2)10-14-12-8-5-6-9-13(12)15(16)17-14/h5-10H,3-4H2,1-2H3. The number of benzene rings is 1. The number of hydrogen-bond donors (Lipinski definition) is 0. The number of cyclic esters (lactones) is 1. The molecule has 0 saturated heterocycles. The molecule has 0 unspecified atom stereocenters. The van der Waals surface area contributed by atoms with Crippen LogP contribution in [-0.4, -0.2) is 5.97 Å². The highest BCUT2D eigenvalue weighted by molar-refractivity contribution is 6.03. The Balaban J connectivity index is 2.40. The first kappa shape index (κ1) is 11.6. The lowest BCUT2D eigenvalue weighted by Crippen LogP contribution is -1.92. The number of hydrogen-bond acceptors (Lipinski definition) is 2. The topological polar surface area (TPSA) is 26.3 Å². The molecule has 0 saturated carbocycles. The molecule has 1 aromatic carbocycles. The van der Waals surface area contributed by atoms with Gasteiger partial charge in [0.25, 0.3) is 0 Å². The van der Waals surface area contributed by atoms with Crippen molar-refractivity contribution in [3.8, 4) is 0 Å². The monoisotopic (exact) mass is 228 g/mol. The predicted molar refractivity (Wildman–Crippen MR) is 68.5 cm³/mol. The molecule has 0 radical (unpaired) electrons. The summed E-state index contributed by atoms with van der Waals surface area (Å²) >= 11 is 0. The second-order valence-electron chi connectivity index (χ2n) is 3.98. The van der Waals surface area contributed by atoms with E-state index in [4.69, 9.17) is 4.74 Å². The molecule has 2 heteroatoms. The molecule has 88 valence electrons. The van der Waals surface area contributed by atoms with Gasteiger partial charge in [0.1, 0.15) is 5.76 Å². The summed E-state index contributed by atoms with van der Waals surface area (Å²) in [7, 11) is 0. The average molecular weight is 228 g/mol. The van der Waals surface area contributed by atoms with Crippen molar-refractivity contribution in [1.82, 2.24) is 0 Å². The van der Waals surface area contributed by atoms with Crippen LogP contribution in [0.3, 0.4) is 0 Å². The molecule has 0 aromatic heterocycles. The zero-order chi connectivity index (χ0) is 12.3. The molecule has 0 aliphatic carbocycles. The minimum atomic E-state index is -0.251. The van der Waals surface area contributed by atoms with Crippen LogP contribution in [-0.2, 0) is 4.74 Å². The third kappa shape index (κ3) is 2.31. The molecule has 17 heavy (non-hydrogen) atoms. The van der Waals surface area contributed by atoms with Gasteiger partial charge in [-0.15, -0.1) is 0 Å². The molecule has 1 aliphatic rings. The Labute approximate surface area is 102 Å². The maximum absolute atomic E-state index is 11.6. The van der Waals surface area contributed by atoms with E-state index >= 15 is 0 Å². The highest BCUT2D eigenvalue weighted by Gasteiger charge is 2.25. The Kier molecular flexibility index (Phi) is 3.43. The summed E-state index contributed by atoms with van der Waals surface area (Å²) in [5, 5.41) is 0. The van der Waals surface area contributed by atoms with Crippen molar-refractivity contribution in [1.29, 1.82) is 0 Å². The highest BCUT2D eigenvalue weighted by Crippen LogP contribution is 2.30. The minimum Gasteiger partial charge on any atom is -0.422 e. The van der Waals surface area contributed by atoms with Gasteiger partial charge in [-0.1, -0.05) is 38.1 Å². The maximum Gasteiger partial charge on any atom is 0.344 e. The van der Waals surface area contributed by atoms with Gasteiger partial charge >= 0.3 is 5.97 Å². The first-order chi connectivity index (χ1) is 8.26. The van der Waals surface area contributed by atoms with Gasteiger partial charge in [0, 0.05) is 5.56 Å². The SMILES string of the molecule is CCC=C(C=C1OC(=O)c2ccccc21)CC. The van der Waals surface area contributed by atoms with Crippen molar-refractivity contribution in [2.24, 2.45) is 0 Å². The van der Waals surface area contributed by atoms with Crippen molar-refractivity contribution >= 4 is 11.7 Å². The molecule has 1 aromatic rings. The first-order valence-electron chi connectivity index (χ1n) is 5.98. The summed E-state index contributed by atoms with van der Waals surface area (Å²) < 4.78 is 5.29. The summed E-state index contributed by atoms with van der Waals surface area (Å²) in [6, 6.07) is 7.49. The van der Waals surface area contributed by atoms with Crippen LogP contribution in [0.5, 0.6) is 0 Å². The first-order valence-corrected chi connectivity index (χ1v) is 5.98. The molecule has 1 heterocycles. The van der Waals surface area contributed by atoms with Crippen molar-refractivity contribution in [3.05, 3.63) is 53.1 Å². The molecule has 2 nitrogen and oxygen atoms in total. The quantitative estimate of drug-likeness (QED) is 0.732. The Bertz CT molecular complexity index is 495. The molecular weight excluding hydrogens is 212 g/mol. The Morgan fingerprint density at radius 1 is 1.24 bits per heavy atom. The van der Waals surface area contributed by atoms with E-state index in [0.717, 1.165) is 18.4 Å². The zero-order valence-electron chi connectivity index (χ0n) is 10.2. The smallest absolute Gasteiger partial charge is 0.344 e. The van der Waals surface area contributed by atoms with Crippen molar-refractivity contribution in [2.45, 2.75) is 26.7 Å². The predicted octanol–water partition coefficient (Wildman–Crippen LogP) is 3.94. The second-order valence-corrected chi connectivity index (χ2v) is 3.98. The van der Waals surface area contributed by atoms with Gasteiger partial charge in [-0.3, -0.25) is 0 Å².